The van der Waals surface area contributed by atoms with E-state index < -0.39 is 0 Å². The first kappa shape index (κ1) is 23.0. The van der Waals surface area contributed by atoms with Gasteiger partial charge in [-0.15, -0.1) is 9.24 Å². The van der Waals surface area contributed by atoms with Crippen LogP contribution in [0.25, 0.3) is 10.6 Å². The summed E-state index contributed by atoms with van der Waals surface area (Å²) >= 11 is 1.64. The number of benzene rings is 1. The molecule has 5 rings (SSSR count). The van der Waals surface area contributed by atoms with Crippen LogP contribution in [0, 0.1) is 11.7 Å². The molecule has 2 aliphatic rings. The van der Waals surface area contributed by atoms with Gasteiger partial charge in [-0.05, 0) is 65.6 Å². The summed E-state index contributed by atoms with van der Waals surface area (Å²) < 4.78 is 15.7. The summed E-state index contributed by atoms with van der Waals surface area (Å²) in [5.74, 6) is 1.31. The highest BCUT2D eigenvalue weighted by atomic mass is 32.2. The largest absolute Gasteiger partial charge is 0.349 e. The average molecular weight is 469 g/mol. The summed E-state index contributed by atoms with van der Waals surface area (Å²) in [4.78, 5) is 9.34. The molecule has 1 aliphatic heterocycles. The Morgan fingerprint density at radius 2 is 1.97 bits per heavy atom. The van der Waals surface area contributed by atoms with E-state index in [2.05, 4.69) is 32.4 Å². The van der Waals surface area contributed by atoms with Gasteiger partial charge in [0.05, 0.1) is 17.8 Å². The average Bonchev–Trinajstić information content (AvgIpc) is 3.39. The molecular weight excluding hydrogens is 438 g/mol. The van der Waals surface area contributed by atoms with Gasteiger partial charge < -0.3 is 4.90 Å². The Morgan fingerprint density at radius 3 is 2.72 bits per heavy atom. The first-order chi connectivity index (χ1) is 15.5. The lowest BCUT2D eigenvalue weighted by Crippen LogP contribution is -2.26. The van der Waals surface area contributed by atoms with E-state index >= 15 is 0 Å². The molecule has 0 spiro atoms. The van der Waals surface area contributed by atoms with Crippen LogP contribution in [0.4, 0.5) is 10.2 Å². The molecule has 2 aromatic heterocycles. The van der Waals surface area contributed by atoms with Gasteiger partial charge in [-0.2, -0.15) is 5.10 Å². The molecule has 0 radical (unpaired) electrons. The third-order valence-electron chi connectivity index (χ3n) is 5.90. The molecular formula is C25H30FN4PS. The van der Waals surface area contributed by atoms with E-state index in [4.69, 9.17) is 4.98 Å². The van der Waals surface area contributed by atoms with Crippen molar-refractivity contribution in [1.29, 1.82) is 0 Å². The lowest BCUT2D eigenvalue weighted by Gasteiger charge is -2.27. The van der Waals surface area contributed by atoms with Crippen LogP contribution in [0.3, 0.4) is 0 Å². The summed E-state index contributed by atoms with van der Waals surface area (Å²) in [7, 11) is 2.73. The molecule has 0 bridgehead atoms. The number of halogens is 1. The van der Waals surface area contributed by atoms with E-state index in [-0.39, 0.29) is 11.9 Å². The highest BCUT2D eigenvalue weighted by Crippen LogP contribution is 2.46. The third-order valence-corrected chi connectivity index (χ3v) is 7.48. The molecule has 32 heavy (non-hydrogen) atoms. The van der Waals surface area contributed by atoms with Crippen LogP contribution < -0.4 is 10.2 Å². The minimum absolute atomic E-state index is 0.113. The Morgan fingerprint density at radius 1 is 1.19 bits per heavy atom. The fourth-order valence-electron chi connectivity index (χ4n) is 4.12. The Kier molecular flexibility index (Phi) is 7.02. The highest BCUT2D eigenvalue weighted by molar-refractivity contribution is 8.11. The Balaban J connectivity index is 0.00000119. The summed E-state index contributed by atoms with van der Waals surface area (Å²) in [5, 5.41) is 5.49. The van der Waals surface area contributed by atoms with Crippen molar-refractivity contribution in [2.24, 2.45) is 5.92 Å². The highest BCUT2D eigenvalue weighted by Gasteiger charge is 2.29. The third kappa shape index (κ3) is 4.62. The zero-order valence-corrected chi connectivity index (χ0v) is 20.7. The topological polar surface area (TPSA) is 33.4 Å². The number of nitrogens with zero attached hydrogens (tertiary/aromatic N) is 4. The number of allylic oxidation sites excluding steroid dienone is 1. The zero-order chi connectivity index (χ0) is 22.8. The van der Waals surface area contributed by atoms with Crippen molar-refractivity contribution < 1.29 is 4.39 Å². The fraction of sp³-hybridized carbons (Fsp3) is 0.360. The number of hydrogen-bond donors (Lipinski definition) is 0. The fourth-order valence-corrected chi connectivity index (χ4v) is 5.46. The zero-order valence-electron chi connectivity index (χ0n) is 18.7. The van der Waals surface area contributed by atoms with Gasteiger partial charge in [0.1, 0.15) is 11.6 Å². The van der Waals surface area contributed by atoms with Crippen LogP contribution in [0.5, 0.6) is 0 Å². The Hall–Kier alpha value is -2.17. The van der Waals surface area contributed by atoms with Crippen LogP contribution in [-0.4, -0.2) is 21.1 Å². The van der Waals surface area contributed by atoms with E-state index in [1.807, 2.05) is 38.4 Å². The van der Waals surface area contributed by atoms with Gasteiger partial charge in [0, 0.05) is 17.6 Å². The molecule has 168 valence electrons. The predicted octanol–water partition coefficient (Wildman–Crippen LogP) is 6.36. The van der Waals surface area contributed by atoms with E-state index in [0.29, 0.717) is 5.92 Å². The van der Waals surface area contributed by atoms with Crippen molar-refractivity contribution in [3.8, 4) is 0 Å². The van der Waals surface area contributed by atoms with Crippen LogP contribution in [0.1, 0.15) is 56.7 Å². The molecule has 3 heterocycles. The molecule has 1 aliphatic carbocycles. The number of hydrogen-bond acceptors (Lipinski definition) is 4. The first-order valence-electron chi connectivity index (χ1n) is 11.2. The van der Waals surface area contributed by atoms with Gasteiger partial charge in [0.25, 0.3) is 0 Å². The molecule has 0 N–H and O–H groups in total. The minimum atomic E-state index is -0.200. The van der Waals surface area contributed by atoms with Gasteiger partial charge >= 0.3 is 0 Å². The van der Waals surface area contributed by atoms with Crippen LogP contribution in [0.2, 0.25) is 0 Å². The lowest BCUT2D eigenvalue weighted by atomic mass is 10.0. The molecule has 2 fully saturated rings. The molecule has 0 amide bonds. The smallest absolute Gasteiger partial charge is 0.165 e. The van der Waals surface area contributed by atoms with E-state index in [0.717, 1.165) is 52.2 Å². The summed E-state index contributed by atoms with van der Waals surface area (Å²) in [5.41, 5.74) is 2.75. The maximum Gasteiger partial charge on any atom is 0.165 e. The van der Waals surface area contributed by atoms with Crippen molar-refractivity contribution in [2.75, 3.05) is 11.4 Å². The molecule has 2 unspecified atom stereocenters. The second-order valence-corrected chi connectivity index (χ2v) is 9.85. The predicted molar refractivity (Wildman–Crippen MR) is 138 cm³/mol. The first-order valence-corrected chi connectivity index (χ1v) is 12.6. The second-order valence-electron chi connectivity index (χ2n) is 8.00. The molecule has 1 saturated heterocycles. The van der Waals surface area contributed by atoms with Gasteiger partial charge in [-0.1, -0.05) is 44.8 Å². The summed E-state index contributed by atoms with van der Waals surface area (Å²) in [6.45, 7) is 13.4. The second kappa shape index (κ2) is 9.76. The SMILES string of the molecule is C=C(SC(=C)C1CC1)c1cnn2ccc(N3CCCC3c3cc(F)ccc3P)nc12.CC. The van der Waals surface area contributed by atoms with E-state index in [1.54, 1.807) is 22.3 Å². The number of anilines is 1. The molecule has 3 aromatic rings. The lowest BCUT2D eigenvalue weighted by molar-refractivity contribution is 0.619. The maximum absolute atomic E-state index is 13.9. The molecule has 1 aromatic carbocycles. The normalized spacial score (nSPS) is 17.9. The Bertz CT molecular complexity index is 1150. The number of thioether (sulfide) groups is 1. The van der Waals surface area contributed by atoms with E-state index in [1.165, 1.54) is 23.8 Å². The standard InChI is InChI=1S/C23H24FN4PS.C2H6/c1-14(16-5-6-16)30-15(2)19-13-25-28-11-9-22(26-23(19)28)27-10-3-4-20(27)18-12-17(24)7-8-21(18)29;1-2/h7-9,11-13,16,20H,1-6,10,29H2;1-2H3. The quantitative estimate of drug-likeness (QED) is 0.394. The van der Waals surface area contributed by atoms with Crippen molar-refractivity contribution >= 4 is 42.7 Å². The maximum atomic E-state index is 13.9. The van der Waals surface area contributed by atoms with E-state index in [9.17, 15) is 4.39 Å². The van der Waals surface area contributed by atoms with Gasteiger partial charge in [-0.25, -0.2) is 13.9 Å². The molecule has 1 saturated carbocycles. The summed E-state index contributed by atoms with van der Waals surface area (Å²) in [6.07, 6.45) is 8.25. The molecule has 7 heteroatoms. The molecule has 4 nitrogen and oxygen atoms in total. The van der Waals surface area contributed by atoms with Crippen LogP contribution in [-0.2, 0) is 0 Å². The van der Waals surface area contributed by atoms with Crippen molar-refractivity contribution in [3.63, 3.8) is 0 Å². The monoisotopic (exact) mass is 468 g/mol. The van der Waals surface area contributed by atoms with Crippen molar-refractivity contribution in [1.82, 2.24) is 14.6 Å². The Labute approximate surface area is 196 Å². The van der Waals surface area contributed by atoms with Crippen LogP contribution >= 0.6 is 21.0 Å². The number of rotatable bonds is 6. The van der Waals surface area contributed by atoms with Crippen LogP contribution in [0.15, 0.2) is 54.7 Å². The molecule has 2 atom stereocenters. The van der Waals surface area contributed by atoms with Gasteiger partial charge in [-0.3, -0.25) is 0 Å². The number of fused-ring (bicyclic) bond motifs is 1. The summed E-state index contributed by atoms with van der Waals surface area (Å²) in [6, 6.07) is 7.08. The minimum Gasteiger partial charge on any atom is -0.349 e. The van der Waals surface area contributed by atoms with Gasteiger partial charge in [0.2, 0.25) is 0 Å². The number of aromatic nitrogens is 3. The van der Waals surface area contributed by atoms with Crippen molar-refractivity contribution in [2.45, 2.75) is 45.6 Å². The van der Waals surface area contributed by atoms with Gasteiger partial charge in [0.15, 0.2) is 5.65 Å². The van der Waals surface area contributed by atoms with Crippen molar-refractivity contribution in [3.05, 3.63) is 71.7 Å².